The molecule has 29 heavy (non-hydrogen) atoms. The highest BCUT2D eigenvalue weighted by molar-refractivity contribution is 7.99. The number of nitrogens with zero attached hydrogens (tertiary/aromatic N) is 5. The van der Waals surface area contributed by atoms with Crippen molar-refractivity contribution in [2.45, 2.75) is 38.0 Å². The van der Waals surface area contributed by atoms with Gasteiger partial charge in [-0.3, -0.25) is 14.3 Å². The van der Waals surface area contributed by atoms with Gasteiger partial charge in [-0.1, -0.05) is 25.6 Å². The van der Waals surface area contributed by atoms with Gasteiger partial charge in [0, 0.05) is 18.0 Å². The second kappa shape index (κ2) is 8.92. The van der Waals surface area contributed by atoms with Crippen LogP contribution in [0, 0.1) is 17.2 Å². The molecule has 1 unspecified atom stereocenters. The number of carbonyl (C=O) groups excluding carboxylic acids is 1. The number of hydrogen-bond donors (Lipinski definition) is 1. The number of furan rings is 1. The number of nitrogens with one attached hydrogen (secondary N) is 1. The van der Waals surface area contributed by atoms with E-state index in [4.69, 9.17) is 4.42 Å². The van der Waals surface area contributed by atoms with Crippen molar-refractivity contribution in [1.82, 2.24) is 25.1 Å². The van der Waals surface area contributed by atoms with Gasteiger partial charge in [0.1, 0.15) is 11.3 Å². The van der Waals surface area contributed by atoms with E-state index >= 15 is 0 Å². The lowest BCUT2D eigenvalue weighted by Gasteiger charge is -2.27. The zero-order valence-electron chi connectivity index (χ0n) is 16.5. The van der Waals surface area contributed by atoms with Gasteiger partial charge in [0.25, 0.3) is 0 Å². The molecule has 1 atom stereocenters. The van der Waals surface area contributed by atoms with Crippen LogP contribution in [0.25, 0.3) is 11.4 Å². The quantitative estimate of drug-likeness (QED) is 0.568. The van der Waals surface area contributed by atoms with Gasteiger partial charge in [0.2, 0.25) is 5.91 Å². The fourth-order valence-corrected chi connectivity index (χ4v) is 3.30. The minimum absolute atomic E-state index is 0.0127. The molecule has 0 spiro atoms. The zero-order chi connectivity index (χ0) is 20.9. The summed E-state index contributed by atoms with van der Waals surface area (Å²) in [6, 6.07) is 9.60. The SMILES string of the molecule is CC(C)C(C)(C#N)NC(=O)CSc1nnc(-c2cccnc2)n1Cc1ccco1. The maximum atomic E-state index is 12.4. The van der Waals surface area contributed by atoms with Gasteiger partial charge in [-0.2, -0.15) is 5.26 Å². The van der Waals surface area contributed by atoms with Crippen molar-refractivity contribution in [2.75, 3.05) is 5.75 Å². The molecule has 0 aromatic carbocycles. The van der Waals surface area contributed by atoms with Crippen LogP contribution in [0.3, 0.4) is 0 Å². The predicted molar refractivity (Wildman–Crippen MR) is 109 cm³/mol. The Morgan fingerprint density at radius 2 is 2.21 bits per heavy atom. The predicted octanol–water partition coefficient (Wildman–Crippen LogP) is 3.13. The molecule has 1 N–H and O–H groups in total. The number of amides is 1. The van der Waals surface area contributed by atoms with E-state index in [2.05, 4.69) is 26.6 Å². The molecule has 3 aromatic heterocycles. The molecular weight excluding hydrogens is 388 g/mol. The van der Waals surface area contributed by atoms with Gasteiger partial charge < -0.3 is 9.73 Å². The average molecular weight is 411 g/mol. The molecule has 0 radical (unpaired) electrons. The molecule has 0 saturated heterocycles. The molecule has 0 saturated carbocycles. The second-order valence-corrected chi connectivity index (χ2v) is 7.96. The Hall–Kier alpha value is -3.12. The van der Waals surface area contributed by atoms with E-state index in [0.29, 0.717) is 17.5 Å². The maximum absolute atomic E-state index is 12.4. The summed E-state index contributed by atoms with van der Waals surface area (Å²) in [6.45, 7) is 5.95. The molecule has 0 fully saturated rings. The summed E-state index contributed by atoms with van der Waals surface area (Å²) in [7, 11) is 0. The number of rotatable bonds is 8. The van der Waals surface area contributed by atoms with E-state index < -0.39 is 5.54 Å². The topological polar surface area (TPSA) is 110 Å². The minimum atomic E-state index is -0.916. The highest BCUT2D eigenvalue weighted by Crippen LogP contribution is 2.25. The summed E-state index contributed by atoms with van der Waals surface area (Å²) in [4.78, 5) is 16.6. The monoisotopic (exact) mass is 410 g/mol. The van der Waals surface area contributed by atoms with Crippen molar-refractivity contribution in [3.8, 4) is 17.5 Å². The molecule has 8 nitrogen and oxygen atoms in total. The van der Waals surface area contributed by atoms with Crippen LogP contribution in [-0.4, -0.2) is 36.9 Å². The lowest BCUT2D eigenvalue weighted by atomic mass is 9.90. The van der Waals surface area contributed by atoms with Gasteiger partial charge in [0.05, 0.1) is 24.6 Å². The normalized spacial score (nSPS) is 13.1. The summed E-state index contributed by atoms with van der Waals surface area (Å²) in [5, 5.41) is 21.3. The standard InChI is InChI=1S/C20H22N6O2S/c1-14(2)20(3,13-21)23-17(27)12-29-19-25-24-18(15-6-4-8-22-10-15)26(19)11-16-7-5-9-28-16/h4-10,14H,11-12H2,1-3H3,(H,23,27). The van der Waals surface area contributed by atoms with Crippen molar-refractivity contribution in [2.24, 2.45) is 5.92 Å². The van der Waals surface area contributed by atoms with Crippen LogP contribution in [0.5, 0.6) is 0 Å². The van der Waals surface area contributed by atoms with Crippen molar-refractivity contribution in [3.63, 3.8) is 0 Å². The van der Waals surface area contributed by atoms with Crippen LogP contribution in [0.2, 0.25) is 0 Å². The van der Waals surface area contributed by atoms with Crippen molar-refractivity contribution in [1.29, 1.82) is 5.26 Å². The van der Waals surface area contributed by atoms with Gasteiger partial charge in [-0.25, -0.2) is 0 Å². The van der Waals surface area contributed by atoms with E-state index in [0.717, 1.165) is 11.3 Å². The van der Waals surface area contributed by atoms with Gasteiger partial charge in [0.15, 0.2) is 11.0 Å². The maximum Gasteiger partial charge on any atom is 0.231 e. The second-order valence-electron chi connectivity index (χ2n) is 7.02. The van der Waals surface area contributed by atoms with Gasteiger partial charge >= 0.3 is 0 Å². The number of aromatic nitrogens is 4. The first-order chi connectivity index (χ1) is 13.9. The lowest BCUT2D eigenvalue weighted by Crippen LogP contribution is -2.49. The number of carbonyl (C=O) groups is 1. The smallest absolute Gasteiger partial charge is 0.231 e. The van der Waals surface area contributed by atoms with Crippen LogP contribution < -0.4 is 5.32 Å². The summed E-state index contributed by atoms with van der Waals surface area (Å²) in [6.07, 6.45) is 5.01. The molecule has 0 bridgehead atoms. The van der Waals surface area contributed by atoms with Crippen molar-refractivity contribution in [3.05, 3.63) is 48.7 Å². The van der Waals surface area contributed by atoms with Crippen LogP contribution in [0.1, 0.15) is 26.5 Å². The first-order valence-corrected chi connectivity index (χ1v) is 10.1. The summed E-state index contributed by atoms with van der Waals surface area (Å²) < 4.78 is 7.36. The molecule has 3 aromatic rings. The van der Waals surface area contributed by atoms with Crippen LogP contribution in [0.4, 0.5) is 0 Å². The van der Waals surface area contributed by atoms with Gasteiger partial charge in [-0.15, -0.1) is 10.2 Å². The van der Waals surface area contributed by atoms with E-state index in [1.165, 1.54) is 11.8 Å². The Morgan fingerprint density at radius 1 is 1.38 bits per heavy atom. The Morgan fingerprint density at radius 3 is 2.83 bits per heavy atom. The van der Waals surface area contributed by atoms with Crippen molar-refractivity contribution >= 4 is 17.7 Å². The number of hydrogen-bond acceptors (Lipinski definition) is 7. The number of nitriles is 1. The molecule has 9 heteroatoms. The number of thioether (sulfide) groups is 1. The Balaban J connectivity index is 1.79. The van der Waals surface area contributed by atoms with E-state index in [9.17, 15) is 10.1 Å². The Kier molecular flexibility index (Phi) is 6.34. The molecule has 1 amide bonds. The first kappa shape index (κ1) is 20.6. The highest BCUT2D eigenvalue weighted by atomic mass is 32.2. The van der Waals surface area contributed by atoms with Crippen LogP contribution in [0.15, 0.2) is 52.5 Å². The summed E-state index contributed by atoms with van der Waals surface area (Å²) in [5.41, 5.74) is -0.0971. The summed E-state index contributed by atoms with van der Waals surface area (Å²) in [5.74, 6) is 1.26. The van der Waals surface area contributed by atoms with Gasteiger partial charge in [-0.05, 0) is 37.1 Å². The third-order valence-corrected chi connectivity index (χ3v) is 5.62. The molecule has 0 aliphatic rings. The minimum Gasteiger partial charge on any atom is -0.467 e. The highest BCUT2D eigenvalue weighted by Gasteiger charge is 2.30. The van der Waals surface area contributed by atoms with E-state index in [1.807, 2.05) is 42.7 Å². The van der Waals surface area contributed by atoms with E-state index in [-0.39, 0.29) is 17.6 Å². The molecule has 0 aliphatic heterocycles. The van der Waals surface area contributed by atoms with Crippen LogP contribution in [-0.2, 0) is 11.3 Å². The zero-order valence-corrected chi connectivity index (χ0v) is 17.3. The fraction of sp³-hybridized carbons (Fsp3) is 0.350. The van der Waals surface area contributed by atoms with Crippen molar-refractivity contribution < 1.29 is 9.21 Å². The number of pyridine rings is 1. The summed E-state index contributed by atoms with van der Waals surface area (Å²) >= 11 is 1.26. The van der Waals surface area contributed by atoms with Crippen LogP contribution >= 0.6 is 11.8 Å². The molecule has 3 rings (SSSR count). The largest absolute Gasteiger partial charge is 0.467 e. The average Bonchev–Trinajstić information content (AvgIpc) is 3.37. The molecule has 150 valence electrons. The third kappa shape index (κ3) is 4.84. The fourth-order valence-electron chi connectivity index (χ4n) is 2.56. The first-order valence-electron chi connectivity index (χ1n) is 9.14. The third-order valence-electron chi connectivity index (χ3n) is 4.65. The van der Waals surface area contributed by atoms with E-state index in [1.54, 1.807) is 25.6 Å². The molecule has 3 heterocycles. The lowest BCUT2D eigenvalue weighted by molar-refractivity contribution is -0.120. The molecular formula is C20H22N6O2S. The Bertz CT molecular complexity index is 994. The molecule has 0 aliphatic carbocycles. The Labute approximate surface area is 173 Å².